The first-order valence-corrected chi connectivity index (χ1v) is 4.99. The van der Waals surface area contributed by atoms with Crippen molar-refractivity contribution in [2.24, 2.45) is 4.99 Å². The van der Waals surface area contributed by atoms with Gasteiger partial charge in [-0.15, -0.1) is 0 Å². The lowest BCUT2D eigenvalue weighted by molar-refractivity contribution is 0.318. The maximum Gasteiger partial charge on any atom is 0.188 e. The van der Waals surface area contributed by atoms with Gasteiger partial charge in [0.15, 0.2) is 5.90 Å². The van der Waals surface area contributed by atoms with Crippen LogP contribution in [0.3, 0.4) is 0 Å². The predicted molar refractivity (Wildman–Crippen MR) is 57.7 cm³/mol. The molecule has 1 aliphatic heterocycles. The van der Waals surface area contributed by atoms with Crippen molar-refractivity contribution in [3.8, 4) is 0 Å². The minimum atomic E-state index is 0.329. The molecule has 1 heterocycles. The van der Waals surface area contributed by atoms with E-state index in [2.05, 4.69) is 43.1 Å². The largest absolute Gasteiger partial charge is 0.478 e. The van der Waals surface area contributed by atoms with E-state index in [1.807, 2.05) is 0 Å². The fourth-order valence-electron chi connectivity index (χ4n) is 1.51. The van der Waals surface area contributed by atoms with Gasteiger partial charge in [-0.2, -0.15) is 0 Å². The fourth-order valence-corrected chi connectivity index (χ4v) is 1.51. The van der Waals surface area contributed by atoms with Crippen molar-refractivity contribution < 1.29 is 4.74 Å². The van der Waals surface area contributed by atoms with E-state index in [0.29, 0.717) is 6.04 Å². The van der Waals surface area contributed by atoms with E-state index in [-0.39, 0.29) is 0 Å². The van der Waals surface area contributed by atoms with Crippen LogP contribution in [0, 0.1) is 6.92 Å². The third kappa shape index (κ3) is 2.13. The standard InChI is InChI=1S/C12H15NO/c1-9-3-5-11(6-4-9)7-12-13-10(2)8-14-12/h3-6,10H,7-8H2,1-2H3. The van der Waals surface area contributed by atoms with Crippen LogP contribution in [0.2, 0.25) is 0 Å². The third-order valence-electron chi connectivity index (χ3n) is 2.33. The SMILES string of the molecule is Cc1ccc(CC2=NC(C)CO2)cc1. The summed E-state index contributed by atoms with van der Waals surface area (Å²) in [5, 5.41) is 0. The van der Waals surface area contributed by atoms with Gasteiger partial charge in [-0.3, -0.25) is 0 Å². The molecule has 1 aromatic rings. The van der Waals surface area contributed by atoms with Crippen molar-refractivity contribution in [2.75, 3.05) is 6.61 Å². The van der Waals surface area contributed by atoms with Gasteiger partial charge in [-0.05, 0) is 19.4 Å². The van der Waals surface area contributed by atoms with E-state index < -0.39 is 0 Å². The Bertz CT molecular complexity index is 340. The third-order valence-corrected chi connectivity index (χ3v) is 2.33. The van der Waals surface area contributed by atoms with E-state index in [4.69, 9.17) is 4.74 Å². The molecule has 2 rings (SSSR count). The van der Waals surface area contributed by atoms with Gasteiger partial charge in [0, 0.05) is 6.42 Å². The molecule has 0 N–H and O–H groups in total. The molecule has 0 amide bonds. The lowest BCUT2D eigenvalue weighted by atomic mass is 10.1. The smallest absolute Gasteiger partial charge is 0.188 e. The summed E-state index contributed by atoms with van der Waals surface area (Å²) >= 11 is 0. The summed E-state index contributed by atoms with van der Waals surface area (Å²) in [7, 11) is 0. The molecule has 1 atom stereocenters. The zero-order valence-corrected chi connectivity index (χ0v) is 8.66. The van der Waals surface area contributed by atoms with Crippen molar-refractivity contribution in [3.63, 3.8) is 0 Å². The molecule has 2 nitrogen and oxygen atoms in total. The Balaban J connectivity index is 2.04. The molecule has 0 aliphatic carbocycles. The highest BCUT2D eigenvalue weighted by molar-refractivity contribution is 5.80. The normalized spacial score (nSPS) is 20.4. The molecule has 1 aromatic carbocycles. The fraction of sp³-hybridized carbons (Fsp3) is 0.417. The summed E-state index contributed by atoms with van der Waals surface area (Å²) in [6.07, 6.45) is 0.824. The first kappa shape index (κ1) is 9.25. The topological polar surface area (TPSA) is 21.6 Å². The van der Waals surface area contributed by atoms with Crippen molar-refractivity contribution >= 4 is 5.90 Å². The molecular formula is C12H15NO. The number of hydrogen-bond donors (Lipinski definition) is 0. The number of aryl methyl sites for hydroxylation is 1. The summed E-state index contributed by atoms with van der Waals surface area (Å²) in [6.45, 7) is 4.90. The summed E-state index contributed by atoms with van der Waals surface area (Å²) < 4.78 is 5.45. The van der Waals surface area contributed by atoms with Crippen LogP contribution in [-0.2, 0) is 11.2 Å². The maximum absolute atomic E-state index is 5.45. The van der Waals surface area contributed by atoms with Gasteiger partial charge in [-0.25, -0.2) is 4.99 Å². The van der Waals surface area contributed by atoms with Gasteiger partial charge in [0.05, 0.1) is 6.04 Å². The lowest BCUT2D eigenvalue weighted by Gasteiger charge is -2.01. The number of aliphatic imine (C=N–C) groups is 1. The van der Waals surface area contributed by atoms with Crippen LogP contribution in [0.25, 0.3) is 0 Å². The highest BCUT2D eigenvalue weighted by atomic mass is 16.5. The molecule has 0 radical (unpaired) electrons. The van der Waals surface area contributed by atoms with E-state index >= 15 is 0 Å². The number of benzene rings is 1. The van der Waals surface area contributed by atoms with Gasteiger partial charge >= 0.3 is 0 Å². The van der Waals surface area contributed by atoms with E-state index in [0.717, 1.165) is 18.9 Å². The van der Waals surface area contributed by atoms with Gasteiger partial charge in [0.2, 0.25) is 0 Å². The molecule has 0 fully saturated rings. The van der Waals surface area contributed by atoms with E-state index in [1.165, 1.54) is 11.1 Å². The summed E-state index contributed by atoms with van der Waals surface area (Å²) in [6, 6.07) is 8.83. The van der Waals surface area contributed by atoms with Gasteiger partial charge in [0.25, 0.3) is 0 Å². The molecule has 1 aliphatic rings. The highest BCUT2D eigenvalue weighted by Gasteiger charge is 2.13. The lowest BCUT2D eigenvalue weighted by Crippen LogP contribution is -2.03. The molecule has 0 spiro atoms. The Morgan fingerprint density at radius 3 is 2.64 bits per heavy atom. The van der Waals surface area contributed by atoms with Gasteiger partial charge in [0.1, 0.15) is 6.61 Å². The second-order valence-electron chi connectivity index (χ2n) is 3.85. The van der Waals surface area contributed by atoms with Crippen LogP contribution in [0.5, 0.6) is 0 Å². The molecule has 0 bridgehead atoms. The first-order chi connectivity index (χ1) is 6.74. The summed E-state index contributed by atoms with van der Waals surface area (Å²) in [5.41, 5.74) is 2.56. The van der Waals surface area contributed by atoms with Crippen molar-refractivity contribution in [1.29, 1.82) is 0 Å². The first-order valence-electron chi connectivity index (χ1n) is 4.99. The predicted octanol–water partition coefficient (Wildman–Crippen LogP) is 2.35. The maximum atomic E-state index is 5.45. The number of ether oxygens (including phenoxy) is 1. The van der Waals surface area contributed by atoms with E-state index in [9.17, 15) is 0 Å². The molecule has 14 heavy (non-hydrogen) atoms. The number of hydrogen-bond acceptors (Lipinski definition) is 2. The number of rotatable bonds is 2. The molecule has 0 aromatic heterocycles. The Morgan fingerprint density at radius 2 is 2.07 bits per heavy atom. The van der Waals surface area contributed by atoms with Crippen molar-refractivity contribution in [3.05, 3.63) is 35.4 Å². The molecule has 2 heteroatoms. The molecule has 74 valence electrons. The zero-order valence-electron chi connectivity index (χ0n) is 8.66. The van der Waals surface area contributed by atoms with Crippen LogP contribution in [-0.4, -0.2) is 18.5 Å². The summed E-state index contributed by atoms with van der Waals surface area (Å²) in [5.74, 6) is 0.876. The minimum absolute atomic E-state index is 0.329. The highest BCUT2D eigenvalue weighted by Crippen LogP contribution is 2.10. The number of nitrogens with zero attached hydrogens (tertiary/aromatic N) is 1. The monoisotopic (exact) mass is 189 g/mol. The second kappa shape index (κ2) is 3.82. The van der Waals surface area contributed by atoms with Gasteiger partial charge < -0.3 is 4.74 Å². The van der Waals surface area contributed by atoms with Crippen molar-refractivity contribution in [2.45, 2.75) is 26.3 Å². The van der Waals surface area contributed by atoms with E-state index in [1.54, 1.807) is 0 Å². The Hall–Kier alpha value is -1.31. The molecular weight excluding hydrogens is 174 g/mol. The van der Waals surface area contributed by atoms with Crippen LogP contribution >= 0.6 is 0 Å². The minimum Gasteiger partial charge on any atom is -0.478 e. The molecule has 0 saturated heterocycles. The average Bonchev–Trinajstić information content (AvgIpc) is 2.56. The average molecular weight is 189 g/mol. The van der Waals surface area contributed by atoms with Crippen molar-refractivity contribution in [1.82, 2.24) is 0 Å². The molecule has 0 saturated carbocycles. The summed E-state index contributed by atoms with van der Waals surface area (Å²) in [4.78, 5) is 4.40. The van der Waals surface area contributed by atoms with Crippen LogP contribution < -0.4 is 0 Å². The molecule has 1 unspecified atom stereocenters. The Morgan fingerprint density at radius 1 is 1.36 bits per heavy atom. The Kier molecular flexibility index (Phi) is 2.53. The quantitative estimate of drug-likeness (QED) is 0.699. The van der Waals surface area contributed by atoms with Crippen LogP contribution in [0.4, 0.5) is 0 Å². The van der Waals surface area contributed by atoms with Crippen LogP contribution in [0.1, 0.15) is 18.1 Å². The Labute approximate surface area is 84.6 Å². The van der Waals surface area contributed by atoms with Crippen LogP contribution in [0.15, 0.2) is 29.3 Å². The second-order valence-corrected chi connectivity index (χ2v) is 3.85. The van der Waals surface area contributed by atoms with Gasteiger partial charge in [-0.1, -0.05) is 29.8 Å². The zero-order chi connectivity index (χ0) is 9.97.